The predicted octanol–water partition coefficient (Wildman–Crippen LogP) is 2.31. The van der Waals surface area contributed by atoms with Crippen LogP contribution in [-0.4, -0.2) is 53.3 Å². The van der Waals surface area contributed by atoms with Crippen LogP contribution in [0.5, 0.6) is 0 Å². The van der Waals surface area contributed by atoms with Gasteiger partial charge in [-0.25, -0.2) is 0 Å². The van der Waals surface area contributed by atoms with Crippen molar-refractivity contribution in [3.05, 3.63) is 34.9 Å². The summed E-state index contributed by atoms with van der Waals surface area (Å²) in [6.45, 7) is 1.55. The number of piperazine rings is 1. The van der Waals surface area contributed by atoms with E-state index in [9.17, 15) is 9.59 Å². The second kappa shape index (κ2) is 6.86. The Labute approximate surface area is 159 Å². The van der Waals surface area contributed by atoms with E-state index in [0.717, 1.165) is 50.1 Å². The molecule has 0 aromatic heterocycles. The highest BCUT2D eigenvalue weighted by molar-refractivity contribution is 6.30. The van der Waals surface area contributed by atoms with Crippen LogP contribution >= 0.6 is 11.6 Å². The Hall–Kier alpha value is -1.59. The Morgan fingerprint density at radius 1 is 1.15 bits per heavy atom. The average Bonchev–Trinajstić information content (AvgIpc) is 3.16. The third kappa shape index (κ3) is 2.91. The minimum Gasteiger partial charge on any atom is -0.330 e. The molecule has 1 aromatic carbocycles. The third-order valence-electron chi connectivity index (χ3n) is 6.63. The highest BCUT2D eigenvalue weighted by atomic mass is 35.5. The van der Waals surface area contributed by atoms with Crippen LogP contribution in [0.3, 0.4) is 0 Å². The number of hydrogen-bond donors (Lipinski definition) is 1. The summed E-state index contributed by atoms with van der Waals surface area (Å²) in [5.41, 5.74) is 7.29. The van der Waals surface area contributed by atoms with Crippen LogP contribution in [0.2, 0.25) is 5.02 Å². The molecule has 26 heavy (non-hydrogen) atoms. The van der Waals surface area contributed by atoms with Gasteiger partial charge in [-0.2, -0.15) is 0 Å². The Balaban J connectivity index is 1.49. The van der Waals surface area contributed by atoms with E-state index in [1.807, 2.05) is 23.1 Å². The first kappa shape index (κ1) is 17.8. The molecule has 2 amide bonds. The quantitative estimate of drug-likeness (QED) is 0.881. The molecule has 6 heteroatoms. The molecular formula is C20H26ClN3O2. The minimum absolute atomic E-state index is 0.0797. The molecule has 140 valence electrons. The van der Waals surface area contributed by atoms with Crippen molar-refractivity contribution in [2.75, 3.05) is 19.6 Å². The molecule has 0 bridgehead atoms. The largest absolute Gasteiger partial charge is 0.330 e. The summed E-state index contributed by atoms with van der Waals surface area (Å²) in [7, 11) is 0. The van der Waals surface area contributed by atoms with E-state index in [1.54, 1.807) is 4.90 Å². The molecule has 1 saturated carbocycles. The van der Waals surface area contributed by atoms with Gasteiger partial charge in [0.2, 0.25) is 11.8 Å². The number of fused-ring (bicyclic) bond motifs is 1. The molecule has 2 heterocycles. The topological polar surface area (TPSA) is 66.6 Å². The molecule has 1 aliphatic carbocycles. The third-order valence-corrected chi connectivity index (χ3v) is 6.86. The molecule has 2 N–H and O–H groups in total. The van der Waals surface area contributed by atoms with Crippen LogP contribution in [0.4, 0.5) is 0 Å². The number of carbonyl (C=O) groups is 2. The second-order valence-electron chi connectivity index (χ2n) is 7.94. The Morgan fingerprint density at radius 3 is 2.62 bits per heavy atom. The lowest BCUT2D eigenvalue weighted by atomic mass is 9.68. The van der Waals surface area contributed by atoms with E-state index in [1.165, 1.54) is 5.56 Å². The maximum absolute atomic E-state index is 12.9. The zero-order chi connectivity index (χ0) is 18.3. The number of rotatable bonds is 3. The van der Waals surface area contributed by atoms with Crippen molar-refractivity contribution < 1.29 is 9.59 Å². The van der Waals surface area contributed by atoms with E-state index in [2.05, 4.69) is 6.07 Å². The van der Waals surface area contributed by atoms with Crippen molar-refractivity contribution in [2.45, 2.75) is 56.0 Å². The fourth-order valence-corrected chi connectivity index (χ4v) is 5.22. The van der Waals surface area contributed by atoms with Crippen molar-refractivity contribution in [2.24, 2.45) is 5.73 Å². The molecule has 3 aliphatic rings. The van der Waals surface area contributed by atoms with E-state index in [0.29, 0.717) is 6.54 Å². The molecule has 0 radical (unpaired) electrons. The number of carbonyl (C=O) groups excluding carboxylic acids is 2. The fraction of sp³-hybridized carbons (Fsp3) is 0.600. The molecule has 1 atom stereocenters. The predicted molar refractivity (Wildman–Crippen MR) is 101 cm³/mol. The molecule has 4 rings (SSSR count). The van der Waals surface area contributed by atoms with E-state index >= 15 is 0 Å². The highest BCUT2D eigenvalue weighted by Crippen LogP contribution is 2.41. The summed E-state index contributed by atoms with van der Waals surface area (Å²) in [5, 5.41) is 0.732. The summed E-state index contributed by atoms with van der Waals surface area (Å²) in [6.07, 6.45) is 5.35. The molecular weight excluding hydrogens is 350 g/mol. The van der Waals surface area contributed by atoms with Gasteiger partial charge in [-0.15, -0.1) is 0 Å². The molecule has 5 nitrogen and oxygen atoms in total. The van der Waals surface area contributed by atoms with Gasteiger partial charge in [0.25, 0.3) is 0 Å². The SMILES string of the molecule is NC[C@]1(c2cccc(Cl)c2)CC[C@H](N2CC(=O)N3CCC[C@@H]3C2=O)CC1. The molecule has 2 saturated heterocycles. The van der Waals surface area contributed by atoms with Gasteiger partial charge in [0, 0.05) is 29.6 Å². The number of nitrogens with two attached hydrogens (primary N) is 1. The molecule has 3 fully saturated rings. The van der Waals surface area contributed by atoms with Gasteiger partial charge in [0.05, 0.1) is 0 Å². The lowest BCUT2D eigenvalue weighted by Crippen LogP contribution is -2.61. The number of hydrogen-bond acceptors (Lipinski definition) is 3. The maximum atomic E-state index is 12.9. The Kier molecular flexibility index (Phi) is 4.70. The number of nitrogens with zero attached hydrogens (tertiary/aromatic N) is 2. The van der Waals surface area contributed by atoms with Gasteiger partial charge < -0.3 is 15.5 Å². The van der Waals surface area contributed by atoms with Gasteiger partial charge in [-0.05, 0) is 56.2 Å². The van der Waals surface area contributed by atoms with Crippen molar-refractivity contribution in [1.82, 2.24) is 9.80 Å². The summed E-state index contributed by atoms with van der Waals surface area (Å²) in [5.74, 6) is 0.257. The molecule has 2 aliphatic heterocycles. The van der Waals surface area contributed by atoms with Crippen molar-refractivity contribution in [3.63, 3.8) is 0 Å². The van der Waals surface area contributed by atoms with Crippen LogP contribution < -0.4 is 5.73 Å². The number of halogens is 1. The number of amides is 2. The summed E-state index contributed by atoms with van der Waals surface area (Å²) >= 11 is 6.18. The zero-order valence-electron chi connectivity index (χ0n) is 15.0. The summed E-state index contributed by atoms with van der Waals surface area (Å²) in [6, 6.07) is 7.90. The van der Waals surface area contributed by atoms with Crippen LogP contribution in [0.25, 0.3) is 0 Å². The van der Waals surface area contributed by atoms with E-state index in [-0.39, 0.29) is 35.9 Å². The molecule has 0 unspecified atom stereocenters. The van der Waals surface area contributed by atoms with Gasteiger partial charge in [0.1, 0.15) is 12.6 Å². The highest BCUT2D eigenvalue weighted by Gasteiger charge is 2.46. The van der Waals surface area contributed by atoms with Crippen molar-refractivity contribution in [3.8, 4) is 0 Å². The van der Waals surface area contributed by atoms with Gasteiger partial charge in [0.15, 0.2) is 0 Å². The first-order valence-corrected chi connectivity index (χ1v) is 9.98. The second-order valence-corrected chi connectivity index (χ2v) is 8.37. The van der Waals surface area contributed by atoms with Crippen LogP contribution in [0.1, 0.15) is 44.1 Å². The van der Waals surface area contributed by atoms with E-state index in [4.69, 9.17) is 17.3 Å². The summed E-state index contributed by atoms with van der Waals surface area (Å²) < 4.78 is 0. The van der Waals surface area contributed by atoms with Gasteiger partial charge >= 0.3 is 0 Å². The van der Waals surface area contributed by atoms with Crippen LogP contribution in [0.15, 0.2) is 24.3 Å². The maximum Gasteiger partial charge on any atom is 0.246 e. The zero-order valence-corrected chi connectivity index (χ0v) is 15.8. The van der Waals surface area contributed by atoms with Crippen LogP contribution in [0, 0.1) is 0 Å². The Bertz CT molecular complexity index is 715. The van der Waals surface area contributed by atoms with Gasteiger partial charge in [-0.3, -0.25) is 9.59 Å². The first-order chi connectivity index (χ1) is 12.5. The Morgan fingerprint density at radius 2 is 1.92 bits per heavy atom. The monoisotopic (exact) mass is 375 g/mol. The van der Waals surface area contributed by atoms with Gasteiger partial charge in [-0.1, -0.05) is 23.7 Å². The first-order valence-electron chi connectivity index (χ1n) is 9.60. The van der Waals surface area contributed by atoms with Crippen molar-refractivity contribution in [1.29, 1.82) is 0 Å². The van der Waals surface area contributed by atoms with Crippen molar-refractivity contribution >= 4 is 23.4 Å². The number of benzene rings is 1. The fourth-order valence-electron chi connectivity index (χ4n) is 5.03. The minimum atomic E-state index is -0.217. The molecule has 1 aromatic rings. The lowest BCUT2D eigenvalue weighted by molar-refractivity contribution is -0.156. The molecule has 0 spiro atoms. The lowest BCUT2D eigenvalue weighted by Gasteiger charge is -2.46. The standard InChI is InChI=1S/C20H26ClN3O2/c21-15-4-1-3-14(11-15)20(13-22)8-6-16(7-9-20)24-12-18(25)23-10-2-5-17(23)19(24)26/h1,3-4,11,16-17H,2,5-10,12-13,22H2/t16-,17-,20-/m1/s1. The smallest absolute Gasteiger partial charge is 0.246 e. The average molecular weight is 376 g/mol. The van der Waals surface area contributed by atoms with Crippen LogP contribution in [-0.2, 0) is 15.0 Å². The van der Waals surface area contributed by atoms with E-state index < -0.39 is 0 Å². The summed E-state index contributed by atoms with van der Waals surface area (Å²) in [4.78, 5) is 28.9. The normalized spacial score (nSPS) is 32.1.